The summed E-state index contributed by atoms with van der Waals surface area (Å²) >= 11 is 1.22. The largest absolute Gasteiger partial charge is 0.508 e. The summed E-state index contributed by atoms with van der Waals surface area (Å²) < 4.78 is 27.3. The molecule has 8 heteroatoms. The van der Waals surface area contributed by atoms with Gasteiger partial charge in [0.2, 0.25) is 5.91 Å². The summed E-state index contributed by atoms with van der Waals surface area (Å²) in [4.78, 5) is 19.1. The summed E-state index contributed by atoms with van der Waals surface area (Å²) in [5.74, 6) is -1.51. The van der Waals surface area contributed by atoms with Gasteiger partial charge in [-0.2, -0.15) is 0 Å². The lowest BCUT2D eigenvalue weighted by molar-refractivity contribution is -0.123. The molecule has 3 atom stereocenters. The van der Waals surface area contributed by atoms with Gasteiger partial charge in [-0.3, -0.25) is 9.78 Å². The Morgan fingerprint density at radius 1 is 0.972 bits per heavy atom. The number of phenols is 1. The van der Waals surface area contributed by atoms with E-state index in [9.17, 15) is 23.8 Å². The molecule has 182 valence electrons. The quantitative estimate of drug-likeness (QED) is 0.318. The summed E-state index contributed by atoms with van der Waals surface area (Å²) in [7, 11) is 0. The van der Waals surface area contributed by atoms with Crippen molar-refractivity contribution in [3.63, 3.8) is 0 Å². The minimum atomic E-state index is -1.20. The molecule has 36 heavy (non-hydrogen) atoms. The number of hydrogen-bond acceptors (Lipinski definition) is 5. The van der Waals surface area contributed by atoms with Gasteiger partial charge in [0.1, 0.15) is 22.6 Å². The Hall–Kier alpha value is -3.75. The SMILES string of the molecule is O=C1[C@H](SC[C@@H](O)c2ccc(F)cc2F)[C@@H](c2ccc(O)cc2)N1c1ccc(-c2cccnc2)cc1. The standard InChI is InChI=1S/C28H22F2N2O3S/c29-20-7-12-23(24(30)14-20)25(34)16-36-27-26(18-5-10-22(33)11-6-18)32(28(27)35)21-8-3-17(4-9-21)19-2-1-13-31-15-19/h1-15,25-27,33-34H,16H2/t25-,26-,27-/m1/s1. The number of aliphatic hydroxyl groups excluding tert-OH is 1. The van der Waals surface area contributed by atoms with Gasteiger partial charge in [0.05, 0.1) is 12.1 Å². The van der Waals surface area contributed by atoms with Crippen molar-refractivity contribution >= 4 is 23.4 Å². The van der Waals surface area contributed by atoms with Crippen LogP contribution in [0.15, 0.2) is 91.3 Å². The lowest BCUT2D eigenvalue weighted by atomic mass is 9.92. The monoisotopic (exact) mass is 504 g/mol. The highest BCUT2D eigenvalue weighted by Gasteiger charge is 2.49. The van der Waals surface area contributed by atoms with Crippen LogP contribution in [0, 0.1) is 11.6 Å². The average Bonchev–Trinajstić information content (AvgIpc) is 2.89. The smallest absolute Gasteiger partial charge is 0.243 e. The molecule has 0 saturated carbocycles. The van der Waals surface area contributed by atoms with Crippen molar-refractivity contribution in [2.45, 2.75) is 17.4 Å². The van der Waals surface area contributed by atoms with E-state index in [4.69, 9.17) is 0 Å². The van der Waals surface area contributed by atoms with E-state index in [1.165, 1.54) is 17.8 Å². The fraction of sp³-hybridized carbons (Fsp3) is 0.143. The highest BCUT2D eigenvalue weighted by atomic mass is 32.2. The molecule has 0 unspecified atom stereocenters. The molecule has 0 radical (unpaired) electrons. The number of nitrogens with zero attached hydrogens (tertiary/aromatic N) is 2. The number of aromatic hydroxyl groups is 1. The van der Waals surface area contributed by atoms with E-state index in [2.05, 4.69) is 4.98 Å². The molecule has 1 aromatic heterocycles. The van der Waals surface area contributed by atoms with Gasteiger partial charge in [-0.15, -0.1) is 11.8 Å². The van der Waals surface area contributed by atoms with Crippen LogP contribution in [0.2, 0.25) is 0 Å². The van der Waals surface area contributed by atoms with Crippen LogP contribution in [0.3, 0.4) is 0 Å². The van der Waals surface area contributed by atoms with Gasteiger partial charge in [-0.1, -0.05) is 36.4 Å². The number of pyridine rings is 1. The Bertz CT molecular complexity index is 1370. The molecule has 2 heterocycles. The van der Waals surface area contributed by atoms with E-state index in [0.29, 0.717) is 5.69 Å². The number of benzene rings is 3. The van der Waals surface area contributed by atoms with Crippen LogP contribution in [0.5, 0.6) is 5.75 Å². The van der Waals surface area contributed by atoms with Crippen LogP contribution >= 0.6 is 11.8 Å². The molecule has 1 aliphatic heterocycles. The molecule has 1 saturated heterocycles. The number of amides is 1. The van der Waals surface area contributed by atoms with Gasteiger partial charge in [-0.25, -0.2) is 8.78 Å². The number of phenolic OH excluding ortho intramolecular Hbond substituents is 1. The first-order chi connectivity index (χ1) is 17.4. The summed E-state index contributed by atoms with van der Waals surface area (Å²) in [6.45, 7) is 0. The lowest BCUT2D eigenvalue weighted by Crippen LogP contribution is -2.57. The zero-order valence-electron chi connectivity index (χ0n) is 19.0. The number of anilines is 1. The van der Waals surface area contributed by atoms with Crippen molar-refractivity contribution in [1.82, 2.24) is 4.98 Å². The van der Waals surface area contributed by atoms with E-state index >= 15 is 0 Å². The zero-order chi connectivity index (χ0) is 25.2. The van der Waals surface area contributed by atoms with Gasteiger partial charge in [0.25, 0.3) is 0 Å². The molecule has 0 aliphatic carbocycles. The van der Waals surface area contributed by atoms with Crippen LogP contribution in [0.4, 0.5) is 14.5 Å². The third-order valence-corrected chi connectivity index (χ3v) is 7.50. The maximum Gasteiger partial charge on any atom is 0.243 e. The molecule has 1 amide bonds. The van der Waals surface area contributed by atoms with Gasteiger partial charge in [0.15, 0.2) is 0 Å². The molecule has 3 aromatic carbocycles. The average molecular weight is 505 g/mol. The van der Waals surface area contributed by atoms with E-state index in [0.717, 1.165) is 28.8 Å². The van der Waals surface area contributed by atoms with Crippen molar-refractivity contribution in [2.24, 2.45) is 0 Å². The topological polar surface area (TPSA) is 73.7 Å². The molecular weight excluding hydrogens is 482 g/mol. The number of halogens is 2. The summed E-state index contributed by atoms with van der Waals surface area (Å²) in [6.07, 6.45) is 2.28. The number of carbonyl (C=O) groups excluding carboxylic acids is 1. The Morgan fingerprint density at radius 3 is 2.39 bits per heavy atom. The number of β-lactam (4-membered cyclic amide) rings is 1. The predicted molar refractivity (Wildman–Crippen MR) is 136 cm³/mol. The first kappa shape index (κ1) is 24.0. The number of hydrogen-bond donors (Lipinski definition) is 2. The summed E-state index contributed by atoms with van der Waals surface area (Å²) in [6, 6.07) is 20.7. The first-order valence-electron chi connectivity index (χ1n) is 11.3. The highest BCUT2D eigenvalue weighted by molar-refractivity contribution is 8.00. The van der Waals surface area contributed by atoms with Crippen molar-refractivity contribution in [1.29, 1.82) is 0 Å². The van der Waals surface area contributed by atoms with Crippen LogP contribution in [-0.4, -0.2) is 32.1 Å². The van der Waals surface area contributed by atoms with E-state index in [1.807, 2.05) is 36.4 Å². The van der Waals surface area contributed by atoms with Crippen molar-refractivity contribution < 1.29 is 23.8 Å². The fourth-order valence-corrected chi connectivity index (χ4v) is 5.60. The lowest BCUT2D eigenvalue weighted by Gasteiger charge is -2.47. The molecule has 5 rings (SSSR count). The number of rotatable bonds is 7. The molecule has 1 aliphatic rings. The number of carbonyl (C=O) groups is 1. The normalized spacial score (nSPS) is 18.1. The van der Waals surface area contributed by atoms with Crippen LogP contribution in [-0.2, 0) is 4.79 Å². The van der Waals surface area contributed by atoms with Gasteiger partial charge in [0, 0.05) is 35.5 Å². The Labute approximate surface area is 211 Å². The van der Waals surface area contributed by atoms with Crippen LogP contribution in [0.1, 0.15) is 23.3 Å². The van der Waals surface area contributed by atoms with E-state index in [1.54, 1.807) is 41.6 Å². The predicted octanol–water partition coefficient (Wildman–Crippen LogP) is 5.66. The maximum absolute atomic E-state index is 14.1. The third kappa shape index (κ3) is 4.69. The second kappa shape index (κ2) is 10.1. The Balaban J connectivity index is 1.38. The summed E-state index contributed by atoms with van der Waals surface area (Å²) in [5, 5.41) is 19.7. The van der Waals surface area contributed by atoms with Gasteiger partial charge in [-0.05, 0) is 53.1 Å². The van der Waals surface area contributed by atoms with Gasteiger partial charge < -0.3 is 15.1 Å². The number of thioether (sulfide) groups is 1. The second-order valence-corrected chi connectivity index (χ2v) is 9.64. The zero-order valence-corrected chi connectivity index (χ0v) is 19.8. The van der Waals surface area contributed by atoms with Crippen molar-refractivity contribution in [2.75, 3.05) is 10.7 Å². The highest BCUT2D eigenvalue weighted by Crippen LogP contribution is 2.46. The van der Waals surface area contributed by atoms with Crippen molar-refractivity contribution in [3.05, 3.63) is 114 Å². The second-order valence-electron chi connectivity index (χ2n) is 8.47. The fourth-order valence-electron chi connectivity index (χ4n) is 4.31. The Kier molecular flexibility index (Phi) is 6.71. The van der Waals surface area contributed by atoms with E-state index < -0.39 is 23.0 Å². The van der Waals surface area contributed by atoms with Crippen molar-refractivity contribution in [3.8, 4) is 16.9 Å². The molecule has 2 N–H and O–H groups in total. The maximum atomic E-state index is 14.1. The number of aliphatic hydroxyl groups is 1. The molecule has 1 fully saturated rings. The minimum absolute atomic E-state index is 0.0142. The third-order valence-electron chi connectivity index (χ3n) is 6.18. The van der Waals surface area contributed by atoms with Gasteiger partial charge >= 0.3 is 0 Å². The molecule has 0 spiro atoms. The van der Waals surface area contributed by atoms with Crippen LogP contribution < -0.4 is 4.90 Å². The molecule has 5 nitrogen and oxygen atoms in total. The molecular formula is C28H22F2N2O3S. The number of aromatic nitrogens is 1. The molecule has 0 bridgehead atoms. The van der Waals surface area contributed by atoms with Crippen LogP contribution in [0.25, 0.3) is 11.1 Å². The minimum Gasteiger partial charge on any atom is -0.508 e. The molecule has 4 aromatic rings. The first-order valence-corrected chi connectivity index (χ1v) is 12.3. The van der Waals surface area contributed by atoms with E-state index in [-0.39, 0.29) is 29.0 Å². The Morgan fingerprint density at radius 2 is 1.72 bits per heavy atom. The summed E-state index contributed by atoms with van der Waals surface area (Å²) in [5.41, 5.74) is 3.46.